The average molecular weight is 192 g/mol. The van der Waals surface area contributed by atoms with Crippen LogP contribution in [-0.2, 0) is 0 Å². The molecule has 0 radical (unpaired) electrons. The Morgan fingerprint density at radius 3 is 2.79 bits per heavy atom. The van der Waals surface area contributed by atoms with Gasteiger partial charge in [-0.25, -0.2) is 0 Å². The van der Waals surface area contributed by atoms with Gasteiger partial charge in [-0.1, -0.05) is 19.9 Å². The molecule has 1 aromatic carbocycles. The van der Waals surface area contributed by atoms with Crippen LogP contribution in [0.3, 0.4) is 0 Å². The van der Waals surface area contributed by atoms with Crippen LogP contribution in [0.1, 0.15) is 36.9 Å². The van der Waals surface area contributed by atoms with Crippen LogP contribution in [0.25, 0.3) is 0 Å². The zero-order valence-corrected chi connectivity index (χ0v) is 8.58. The maximum atomic E-state index is 5.91. The highest BCUT2D eigenvalue weighted by molar-refractivity contribution is 5.61. The molecule has 0 saturated heterocycles. The fourth-order valence-corrected chi connectivity index (χ4v) is 1.89. The largest absolute Gasteiger partial charge is 0.491 e. The molecule has 3 nitrogen and oxygen atoms in total. The number of rotatable bonds is 1. The van der Waals surface area contributed by atoms with E-state index >= 15 is 0 Å². The minimum Gasteiger partial charge on any atom is -0.491 e. The summed E-state index contributed by atoms with van der Waals surface area (Å²) in [6.45, 7) is 4.82. The molecule has 0 saturated carbocycles. The fourth-order valence-electron chi connectivity index (χ4n) is 1.89. The summed E-state index contributed by atoms with van der Waals surface area (Å²) < 4.78 is 5.58. The highest BCUT2D eigenvalue weighted by atomic mass is 16.5. The van der Waals surface area contributed by atoms with Gasteiger partial charge in [-0.2, -0.15) is 0 Å². The van der Waals surface area contributed by atoms with E-state index in [1.165, 1.54) is 5.56 Å². The molecule has 0 aromatic heterocycles. The van der Waals surface area contributed by atoms with Gasteiger partial charge >= 0.3 is 0 Å². The Hall–Kier alpha value is -1.22. The molecule has 1 atom stereocenters. The molecule has 1 aliphatic rings. The van der Waals surface area contributed by atoms with Crippen LogP contribution >= 0.6 is 0 Å². The quantitative estimate of drug-likeness (QED) is 0.667. The van der Waals surface area contributed by atoms with Crippen LogP contribution in [0.2, 0.25) is 0 Å². The van der Waals surface area contributed by atoms with Gasteiger partial charge in [0, 0.05) is 11.3 Å². The number of fused-ring (bicyclic) bond motifs is 1. The Bertz CT molecular complexity index is 361. The van der Waals surface area contributed by atoms with E-state index in [0.717, 1.165) is 17.0 Å². The maximum absolute atomic E-state index is 5.91. The molecule has 76 valence electrons. The summed E-state index contributed by atoms with van der Waals surface area (Å²) in [4.78, 5) is 0. The van der Waals surface area contributed by atoms with Crippen LogP contribution in [0, 0.1) is 0 Å². The van der Waals surface area contributed by atoms with Crippen molar-refractivity contribution >= 4 is 5.69 Å². The zero-order valence-electron chi connectivity index (χ0n) is 8.58. The Morgan fingerprint density at radius 2 is 2.14 bits per heavy atom. The maximum Gasteiger partial charge on any atom is 0.129 e. The molecule has 0 fully saturated rings. The molecule has 2 rings (SSSR count). The third kappa shape index (κ3) is 1.24. The van der Waals surface area contributed by atoms with Gasteiger partial charge in [0.05, 0.1) is 6.04 Å². The highest BCUT2D eigenvalue weighted by Crippen LogP contribution is 2.41. The Balaban J connectivity index is 2.59. The van der Waals surface area contributed by atoms with E-state index in [1.807, 2.05) is 12.1 Å². The highest BCUT2D eigenvalue weighted by Gasteiger charge is 2.26. The monoisotopic (exact) mass is 192 g/mol. The number of ether oxygens (including phenoxy) is 1. The molecule has 1 heterocycles. The van der Waals surface area contributed by atoms with Crippen molar-refractivity contribution in [1.29, 1.82) is 0 Å². The van der Waals surface area contributed by atoms with E-state index in [4.69, 9.17) is 16.2 Å². The lowest BCUT2D eigenvalue weighted by molar-refractivity contribution is 0.329. The minimum absolute atomic E-state index is 0.0660. The van der Waals surface area contributed by atoms with E-state index in [9.17, 15) is 0 Å². The van der Waals surface area contributed by atoms with Crippen LogP contribution in [-0.4, -0.2) is 6.61 Å². The van der Waals surface area contributed by atoms with Crippen molar-refractivity contribution < 1.29 is 4.74 Å². The molecule has 3 heteroatoms. The number of nitrogen functional groups attached to an aromatic ring is 1. The predicted molar refractivity (Wildman–Crippen MR) is 57.4 cm³/mol. The minimum atomic E-state index is -0.0660. The Morgan fingerprint density at radius 1 is 1.43 bits per heavy atom. The van der Waals surface area contributed by atoms with E-state index in [1.54, 1.807) is 0 Å². The first-order chi connectivity index (χ1) is 6.61. The predicted octanol–water partition coefficient (Wildman–Crippen LogP) is 1.78. The lowest BCUT2D eigenvalue weighted by Crippen LogP contribution is -2.12. The second-order valence-electron chi connectivity index (χ2n) is 4.06. The molecule has 14 heavy (non-hydrogen) atoms. The molecule has 0 amide bonds. The lowest BCUT2D eigenvalue weighted by Gasteiger charge is -2.12. The van der Waals surface area contributed by atoms with E-state index < -0.39 is 0 Å². The molecule has 4 N–H and O–H groups in total. The van der Waals surface area contributed by atoms with Gasteiger partial charge in [-0.15, -0.1) is 0 Å². The van der Waals surface area contributed by atoms with Crippen molar-refractivity contribution in [2.24, 2.45) is 5.73 Å². The Labute approximate surface area is 84.0 Å². The molecule has 1 aromatic rings. The van der Waals surface area contributed by atoms with Crippen molar-refractivity contribution in [3.63, 3.8) is 0 Å². The number of benzene rings is 1. The van der Waals surface area contributed by atoms with Crippen molar-refractivity contribution in [3.8, 4) is 5.75 Å². The van der Waals surface area contributed by atoms with Gasteiger partial charge in [0.15, 0.2) is 0 Å². The van der Waals surface area contributed by atoms with Crippen LogP contribution < -0.4 is 16.2 Å². The first-order valence-electron chi connectivity index (χ1n) is 4.92. The van der Waals surface area contributed by atoms with Gasteiger partial charge in [-0.3, -0.25) is 0 Å². The second-order valence-corrected chi connectivity index (χ2v) is 4.06. The van der Waals surface area contributed by atoms with E-state index in [2.05, 4.69) is 13.8 Å². The summed E-state index contributed by atoms with van der Waals surface area (Å²) >= 11 is 0. The summed E-state index contributed by atoms with van der Waals surface area (Å²) in [5.41, 5.74) is 14.7. The van der Waals surface area contributed by atoms with Gasteiger partial charge < -0.3 is 16.2 Å². The standard InChI is InChI=1S/C11H16N2O/c1-6(2)7-3-4-8(12)10-9(13)5-14-11(7)10/h3-4,6,9H,5,12-13H2,1-2H3. The third-order valence-electron chi connectivity index (χ3n) is 2.66. The number of nitrogens with two attached hydrogens (primary N) is 2. The van der Waals surface area contributed by atoms with Crippen LogP contribution in [0.15, 0.2) is 12.1 Å². The smallest absolute Gasteiger partial charge is 0.129 e. The SMILES string of the molecule is CC(C)c1ccc(N)c2c1OCC2N. The van der Waals surface area contributed by atoms with Crippen LogP contribution in [0.4, 0.5) is 5.69 Å². The molecular weight excluding hydrogens is 176 g/mol. The topological polar surface area (TPSA) is 61.3 Å². The van der Waals surface area contributed by atoms with Crippen LogP contribution in [0.5, 0.6) is 5.75 Å². The average Bonchev–Trinajstić information content (AvgIpc) is 2.49. The van der Waals surface area contributed by atoms with Crippen molar-refractivity contribution in [2.75, 3.05) is 12.3 Å². The van der Waals surface area contributed by atoms with Gasteiger partial charge in [0.1, 0.15) is 12.4 Å². The van der Waals surface area contributed by atoms with Crippen molar-refractivity contribution in [1.82, 2.24) is 0 Å². The van der Waals surface area contributed by atoms with Crippen molar-refractivity contribution in [2.45, 2.75) is 25.8 Å². The second kappa shape index (κ2) is 3.17. The fraction of sp³-hybridized carbons (Fsp3) is 0.455. The summed E-state index contributed by atoms with van der Waals surface area (Å²) in [5, 5.41) is 0. The zero-order chi connectivity index (χ0) is 10.3. The van der Waals surface area contributed by atoms with E-state index in [-0.39, 0.29) is 6.04 Å². The Kier molecular flexibility index (Phi) is 2.11. The van der Waals surface area contributed by atoms with E-state index in [0.29, 0.717) is 12.5 Å². The first-order valence-corrected chi connectivity index (χ1v) is 4.92. The third-order valence-corrected chi connectivity index (χ3v) is 2.66. The van der Waals surface area contributed by atoms with Crippen molar-refractivity contribution in [3.05, 3.63) is 23.3 Å². The molecule has 0 bridgehead atoms. The summed E-state index contributed by atoms with van der Waals surface area (Å²) in [5.74, 6) is 1.35. The summed E-state index contributed by atoms with van der Waals surface area (Å²) in [6, 6.07) is 3.88. The first kappa shape index (κ1) is 9.34. The molecule has 0 aliphatic carbocycles. The molecule has 1 aliphatic heterocycles. The lowest BCUT2D eigenvalue weighted by atomic mass is 9.96. The molecule has 1 unspecified atom stereocenters. The molecular formula is C11H16N2O. The van der Waals surface area contributed by atoms with Gasteiger partial charge in [0.25, 0.3) is 0 Å². The normalized spacial score (nSPS) is 19.6. The summed E-state index contributed by atoms with van der Waals surface area (Å²) in [7, 11) is 0. The number of anilines is 1. The number of hydrogen-bond donors (Lipinski definition) is 2. The summed E-state index contributed by atoms with van der Waals surface area (Å²) in [6.07, 6.45) is 0. The van der Waals surface area contributed by atoms with Gasteiger partial charge in [0.2, 0.25) is 0 Å². The molecule has 0 spiro atoms. The van der Waals surface area contributed by atoms with Gasteiger partial charge in [-0.05, 0) is 17.5 Å². The number of hydrogen-bond acceptors (Lipinski definition) is 3.